The number of carboxylic acid groups (broad SMARTS) is 1. The van der Waals surface area contributed by atoms with Crippen LogP contribution in [0.25, 0.3) is 0 Å². The van der Waals surface area contributed by atoms with E-state index in [1.54, 1.807) is 0 Å². The molecule has 2 bridgehead atoms. The van der Waals surface area contributed by atoms with Crippen LogP contribution in [0.1, 0.15) is 0 Å². The van der Waals surface area contributed by atoms with E-state index in [4.69, 9.17) is 5.11 Å². The standard InChI is InChI=1S/C4H2O4/c5-2(6)1-3-7-4(1)8-3/h3H,(H,5,6). The third-order valence-corrected chi connectivity index (χ3v) is 1.11. The summed E-state index contributed by atoms with van der Waals surface area (Å²) in [6, 6.07) is 0. The minimum absolute atomic E-state index is 0.183. The van der Waals surface area contributed by atoms with Crippen LogP contribution in [0.5, 0.6) is 0 Å². The molecule has 0 aromatic carbocycles. The van der Waals surface area contributed by atoms with E-state index in [1.165, 1.54) is 0 Å². The van der Waals surface area contributed by atoms with E-state index in [0.717, 1.165) is 0 Å². The summed E-state index contributed by atoms with van der Waals surface area (Å²) >= 11 is 0. The molecule has 3 aliphatic rings. The number of carboxylic acids is 1. The van der Waals surface area contributed by atoms with Crippen molar-refractivity contribution in [3.05, 3.63) is 11.5 Å². The van der Waals surface area contributed by atoms with Crippen molar-refractivity contribution < 1.29 is 19.4 Å². The molecule has 0 unspecified atom stereocenters. The lowest BCUT2D eigenvalue weighted by Gasteiger charge is -2.41. The van der Waals surface area contributed by atoms with Crippen molar-refractivity contribution in [1.29, 1.82) is 0 Å². The van der Waals surface area contributed by atoms with Crippen molar-refractivity contribution in [1.82, 2.24) is 0 Å². The molecular weight excluding hydrogens is 112 g/mol. The predicted molar refractivity (Wildman–Crippen MR) is 20.6 cm³/mol. The zero-order valence-electron chi connectivity index (χ0n) is 3.75. The highest BCUT2D eigenvalue weighted by Gasteiger charge is 2.52. The number of aliphatic carboxylic acids is 1. The van der Waals surface area contributed by atoms with E-state index in [1.807, 2.05) is 0 Å². The first-order valence-electron chi connectivity index (χ1n) is 2.10. The Kier molecular flexibility index (Phi) is 0.386. The fraction of sp³-hybridized carbons (Fsp3) is 0.250. The van der Waals surface area contributed by atoms with Crippen LogP contribution in [0.2, 0.25) is 0 Å². The van der Waals surface area contributed by atoms with Gasteiger partial charge in [-0.25, -0.2) is 4.79 Å². The molecule has 3 heterocycles. The molecule has 3 aliphatic heterocycles. The topological polar surface area (TPSA) is 55.8 Å². The predicted octanol–water partition coefficient (Wildman–Crippen LogP) is -0.331. The second kappa shape index (κ2) is 0.819. The molecular formula is C4H2O4. The van der Waals surface area contributed by atoms with Gasteiger partial charge in [-0.2, -0.15) is 0 Å². The van der Waals surface area contributed by atoms with Gasteiger partial charge in [-0.15, -0.1) is 0 Å². The summed E-state index contributed by atoms with van der Waals surface area (Å²) in [5.74, 6) is -0.759. The van der Waals surface area contributed by atoms with E-state index in [0.29, 0.717) is 0 Å². The number of hydrogen-bond donors (Lipinski definition) is 1. The van der Waals surface area contributed by atoms with Crippen LogP contribution in [0.15, 0.2) is 11.5 Å². The summed E-state index contributed by atoms with van der Waals surface area (Å²) < 4.78 is 9.16. The Labute approximate surface area is 44.3 Å². The van der Waals surface area contributed by atoms with Crippen LogP contribution >= 0.6 is 0 Å². The third kappa shape index (κ3) is 0.197. The number of ether oxygens (including phenoxy) is 2. The first-order chi connectivity index (χ1) is 3.79. The summed E-state index contributed by atoms with van der Waals surface area (Å²) in [7, 11) is 0. The normalized spacial score (nSPS) is 22.5. The average Bonchev–Trinajstić information content (AvgIpc) is 1.14. The van der Waals surface area contributed by atoms with Crippen molar-refractivity contribution >= 4 is 5.97 Å². The van der Waals surface area contributed by atoms with Crippen LogP contribution in [0, 0.1) is 0 Å². The number of rotatable bonds is 1. The summed E-state index contributed by atoms with van der Waals surface area (Å²) in [6.07, 6.45) is -0.553. The van der Waals surface area contributed by atoms with Crippen LogP contribution in [0.4, 0.5) is 0 Å². The first-order valence-corrected chi connectivity index (χ1v) is 2.10. The summed E-state index contributed by atoms with van der Waals surface area (Å²) in [4.78, 5) is 10.0. The Bertz CT molecular complexity index is 184. The van der Waals surface area contributed by atoms with Crippen LogP contribution in [-0.4, -0.2) is 17.4 Å². The van der Waals surface area contributed by atoms with E-state index in [9.17, 15) is 4.79 Å². The molecule has 0 spiro atoms. The zero-order valence-corrected chi connectivity index (χ0v) is 3.75. The lowest BCUT2D eigenvalue weighted by atomic mass is 10.1. The number of carbonyl (C=O) groups is 1. The molecule has 4 heteroatoms. The molecule has 1 N–H and O–H groups in total. The van der Waals surface area contributed by atoms with Gasteiger partial charge in [-0.3, -0.25) is 0 Å². The van der Waals surface area contributed by atoms with Gasteiger partial charge in [-0.1, -0.05) is 0 Å². The van der Waals surface area contributed by atoms with Crippen LogP contribution in [-0.2, 0) is 14.3 Å². The fourth-order valence-corrected chi connectivity index (χ4v) is 0.616. The monoisotopic (exact) mass is 114 g/mol. The SMILES string of the molecule is O=C(O)C1=C2OC1O2. The van der Waals surface area contributed by atoms with Gasteiger partial charge >= 0.3 is 11.9 Å². The Balaban J connectivity index is 2.32. The highest BCUT2D eigenvalue weighted by molar-refractivity contribution is 5.90. The van der Waals surface area contributed by atoms with Crippen molar-refractivity contribution in [2.24, 2.45) is 0 Å². The smallest absolute Gasteiger partial charge is 0.346 e. The van der Waals surface area contributed by atoms with Gasteiger partial charge in [0.1, 0.15) is 0 Å². The summed E-state index contributed by atoms with van der Waals surface area (Å²) in [5, 5.41) is 8.22. The Morgan fingerprint density at radius 1 is 1.62 bits per heavy atom. The highest BCUT2D eigenvalue weighted by Crippen LogP contribution is 2.41. The average molecular weight is 114 g/mol. The van der Waals surface area contributed by atoms with Crippen molar-refractivity contribution in [2.75, 3.05) is 0 Å². The molecule has 1 fully saturated rings. The fourth-order valence-electron chi connectivity index (χ4n) is 0.616. The second-order valence-corrected chi connectivity index (χ2v) is 1.57. The zero-order chi connectivity index (χ0) is 5.72. The maximum absolute atomic E-state index is 10.0. The minimum Gasteiger partial charge on any atom is -0.477 e. The van der Waals surface area contributed by atoms with Crippen LogP contribution in [0.3, 0.4) is 0 Å². The molecule has 42 valence electrons. The lowest BCUT2D eigenvalue weighted by molar-refractivity contribution is -0.284. The maximum atomic E-state index is 10.0. The molecule has 0 saturated carbocycles. The Morgan fingerprint density at radius 2 is 2.12 bits per heavy atom. The minimum atomic E-state index is -0.942. The maximum Gasteiger partial charge on any atom is 0.346 e. The van der Waals surface area contributed by atoms with Crippen molar-refractivity contribution in [3.8, 4) is 0 Å². The summed E-state index contributed by atoms with van der Waals surface area (Å²) in [6.45, 7) is 0. The molecule has 8 heavy (non-hydrogen) atoms. The van der Waals surface area contributed by atoms with Crippen molar-refractivity contribution in [3.63, 3.8) is 0 Å². The lowest BCUT2D eigenvalue weighted by Crippen LogP contribution is -2.47. The van der Waals surface area contributed by atoms with E-state index in [2.05, 4.69) is 9.47 Å². The Morgan fingerprint density at radius 3 is 2.12 bits per heavy atom. The van der Waals surface area contributed by atoms with Gasteiger partial charge in [0.15, 0.2) is 5.57 Å². The van der Waals surface area contributed by atoms with Gasteiger partial charge in [0, 0.05) is 0 Å². The van der Waals surface area contributed by atoms with Gasteiger partial charge < -0.3 is 14.6 Å². The Hall–Kier alpha value is -1.19. The summed E-state index contributed by atoms with van der Waals surface area (Å²) in [5.41, 5.74) is 0.269. The molecule has 3 rings (SSSR count). The molecule has 0 amide bonds. The van der Waals surface area contributed by atoms with Gasteiger partial charge in [0.05, 0.1) is 0 Å². The third-order valence-electron chi connectivity index (χ3n) is 1.11. The molecule has 0 aliphatic carbocycles. The quantitative estimate of drug-likeness (QED) is 0.507. The largest absolute Gasteiger partial charge is 0.477 e. The van der Waals surface area contributed by atoms with Gasteiger partial charge in [0.2, 0.25) is 0 Å². The molecule has 0 aromatic rings. The molecule has 4 nitrogen and oxygen atoms in total. The van der Waals surface area contributed by atoms with E-state index in [-0.39, 0.29) is 11.5 Å². The highest BCUT2D eigenvalue weighted by atomic mass is 16.9. The second-order valence-electron chi connectivity index (χ2n) is 1.57. The van der Waals surface area contributed by atoms with Crippen molar-refractivity contribution in [2.45, 2.75) is 6.29 Å². The van der Waals surface area contributed by atoms with E-state index < -0.39 is 12.3 Å². The van der Waals surface area contributed by atoms with Gasteiger partial charge in [-0.05, 0) is 0 Å². The van der Waals surface area contributed by atoms with Gasteiger partial charge in [0.25, 0.3) is 6.29 Å². The molecule has 0 atom stereocenters. The molecule has 0 aromatic heterocycles. The number of hydrogen-bond acceptors (Lipinski definition) is 3. The van der Waals surface area contributed by atoms with E-state index >= 15 is 0 Å². The first kappa shape index (κ1) is 3.77. The molecule has 1 saturated heterocycles. The molecule has 0 radical (unpaired) electrons. The van der Waals surface area contributed by atoms with Crippen LogP contribution < -0.4 is 0 Å².